The minimum atomic E-state index is -4.22. The predicted molar refractivity (Wildman–Crippen MR) is 77.8 cm³/mol. The summed E-state index contributed by atoms with van der Waals surface area (Å²) >= 11 is 0. The second-order valence-electron chi connectivity index (χ2n) is 4.31. The molecule has 0 aliphatic carbocycles. The number of ether oxygens (including phenoxy) is 1. The lowest BCUT2D eigenvalue weighted by Gasteiger charge is -2.13. The van der Waals surface area contributed by atoms with Gasteiger partial charge in [0.15, 0.2) is 11.6 Å². The third-order valence-electron chi connectivity index (χ3n) is 2.55. The van der Waals surface area contributed by atoms with E-state index in [0.717, 1.165) is 6.20 Å². The SMILES string of the molecule is CCOP(=O)(O)Nc1nc(OCc2ccc(F)cc2)ncc1F. The average Bonchev–Trinajstić information content (AvgIpc) is 2.49. The lowest BCUT2D eigenvalue weighted by atomic mass is 10.2. The van der Waals surface area contributed by atoms with E-state index in [2.05, 4.69) is 14.5 Å². The predicted octanol–water partition coefficient (Wildman–Crippen LogP) is 2.88. The topological polar surface area (TPSA) is 93.6 Å². The van der Waals surface area contributed by atoms with E-state index >= 15 is 0 Å². The summed E-state index contributed by atoms with van der Waals surface area (Å²) in [6.07, 6.45) is 0.793. The smallest absolute Gasteiger partial charge is 0.431 e. The molecule has 1 unspecified atom stereocenters. The van der Waals surface area contributed by atoms with Crippen molar-refractivity contribution in [3.05, 3.63) is 47.7 Å². The van der Waals surface area contributed by atoms with Crippen molar-refractivity contribution in [3.63, 3.8) is 0 Å². The molecule has 1 aromatic carbocycles. The van der Waals surface area contributed by atoms with Crippen molar-refractivity contribution in [1.82, 2.24) is 9.97 Å². The van der Waals surface area contributed by atoms with Crippen LogP contribution in [-0.4, -0.2) is 21.5 Å². The summed E-state index contributed by atoms with van der Waals surface area (Å²) in [5.74, 6) is -1.84. The van der Waals surface area contributed by atoms with Crippen LogP contribution in [0.25, 0.3) is 0 Å². The molecule has 0 aliphatic rings. The molecule has 2 rings (SSSR count). The largest absolute Gasteiger partial charge is 0.459 e. The lowest BCUT2D eigenvalue weighted by molar-refractivity contribution is 0.276. The van der Waals surface area contributed by atoms with Crippen molar-refractivity contribution >= 4 is 13.6 Å². The van der Waals surface area contributed by atoms with Crippen LogP contribution in [0.4, 0.5) is 14.6 Å². The maximum Gasteiger partial charge on any atom is 0.431 e. The van der Waals surface area contributed by atoms with Gasteiger partial charge in [-0.1, -0.05) is 12.1 Å². The van der Waals surface area contributed by atoms with Gasteiger partial charge in [-0.25, -0.2) is 18.3 Å². The van der Waals surface area contributed by atoms with Crippen molar-refractivity contribution in [3.8, 4) is 6.01 Å². The average molecular weight is 345 g/mol. The Morgan fingerprint density at radius 1 is 1.30 bits per heavy atom. The maximum atomic E-state index is 13.6. The standard InChI is InChI=1S/C13H14F2N3O4P/c1-2-22-23(19,20)18-12-11(15)7-16-13(17-12)21-8-9-3-5-10(14)6-4-9/h3-7H,2,8H2,1H3,(H2,16,17,18,19,20). The van der Waals surface area contributed by atoms with Crippen LogP contribution in [0.5, 0.6) is 6.01 Å². The Bertz CT molecular complexity index is 715. The summed E-state index contributed by atoms with van der Waals surface area (Å²) in [4.78, 5) is 16.7. The van der Waals surface area contributed by atoms with E-state index in [1.54, 1.807) is 0 Å². The number of aromatic nitrogens is 2. The van der Waals surface area contributed by atoms with E-state index in [0.29, 0.717) is 5.56 Å². The van der Waals surface area contributed by atoms with Crippen molar-refractivity contribution in [2.75, 3.05) is 11.7 Å². The highest BCUT2D eigenvalue weighted by molar-refractivity contribution is 7.54. The van der Waals surface area contributed by atoms with Crippen LogP contribution >= 0.6 is 7.75 Å². The first kappa shape index (κ1) is 17.3. The molecule has 0 bridgehead atoms. The van der Waals surface area contributed by atoms with Gasteiger partial charge in [-0.3, -0.25) is 9.61 Å². The first-order valence-electron chi connectivity index (χ1n) is 6.55. The van der Waals surface area contributed by atoms with Gasteiger partial charge in [0, 0.05) is 0 Å². The zero-order valence-corrected chi connectivity index (χ0v) is 13.0. The van der Waals surface area contributed by atoms with E-state index in [1.165, 1.54) is 31.2 Å². The van der Waals surface area contributed by atoms with Crippen molar-refractivity contribution < 1.29 is 27.5 Å². The monoisotopic (exact) mass is 345 g/mol. The Morgan fingerprint density at radius 3 is 2.65 bits per heavy atom. The van der Waals surface area contributed by atoms with Gasteiger partial charge in [-0.2, -0.15) is 4.98 Å². The summed E-state index contributed by atoms with van der Waals surface area (Å²) in [6, 6.07) is 5.34. The van der Waals surface area contributed by atoms with Crippen molar-refractivity contribution in [2.24, 2.45) is 0 Å². The van der Waals surface area contributed by atoms with Gasteiger partial charge < -0.3 is 9.63 Å². The molecule has 0 aliphatic heterocycles. The van der Waals surface area contributed by atoms with Gasteiger partial charge >= 0.3 is 13.8 Å². The molecule has 0 saturated heterocycles. The highest BCUT2D eigenvalue weighted by Crippen LogP contribution is 2.41. The third-order valence-corrected chi connectivity index (χ3v) is 3.66. The Kier molecular flexibility index (Phi) is 5.59. The highest BCUT2D eigenvalue weighted by Gasteiger charge is 2.22. The van der Waals surface area contributed by atoms with Crippen LogP contribution in [0.1, 0.15) is 12.5 Å². The van der Waals surface area contributed by atoms with E-state index in [1.807, 2.05) is 5.09 Å². The van der Waals surface area contributed by atoms with Gasteiger partial charge in [0.05, 0.1) is 12.8 Å². The molecular weight excluding hydrogens is 331 g/mol. The van der Waals surface area contributed by atoms with Crippen LogP contribution in [0.2, 0.25) is 0 Å². The zero-order chi connectivity index (χ0) is 16.9. The molecule has 124 valence electrons. The number of halogens is 2. The molecular formula is C13H14F2N3O4P. The molecule has 0 amide bonds. The fourth-order valence-corrected chi connectivity index (χ4v) is 2.41. The van der Waals surface area contributed by atoms with Crippen LogP contribution < -0.4 is 9.82 Å². The van der Waals surface area contributed by atoms with Crippen LogP contribution in [0.15, 0.2) is 30.5 Å². The first-order chi connectivity index (χ1) is 10.9. The number of anilines is 1. The quantitative estimate of drug-likeness (QED) is 0.745. The molecule has 0 spiro atoms. The molecule has 0 saturated carbocycles. The van der Waals surface area contributed by atoms with Crippen LogP contribution in [0.3, 0.4) is 0 Å². The number of nitrogens with zero attached hydrogens (tertiary/aromatic N) is 2. The van der Waals surface area contributed by atoms with Crippen molar-refractivity contribution in [2.45, 2.75) is 13.5 Å². The minimum Gasteiger partial charge on any atom is -0.459 e. The van der Waals surface area contributed by atoms with E-state index in [4.69, 9.17) is 4.74 Å². The number of rotatable bonds is 7. The highest BCUT2D eigenvalue weighted by atomic mass is 31.2. The molecule has 23 heavy (non-hydrogen) atoms. The van der Waals surface area contributed by atoms with Gasteiger partial charge in [-0.15, -0.1) is 0 Å². The lowest BCUT2D eigenvalue weighted by Crippen LogP contribution is -2.07. The third kappa shape index (κ3) is 5.24. The van der Waals surface area contributed by atoms with Gasteiger partial charge in [0.2, 0.25) is 0 Å². The second kappa shape index (κ2) is 7.45. The minimum absolute atomic E-state index is 0.0214. The van der Waals surface area contributed by atoms with Crippen LogP contribution in [-0.2, 0) is 15.7 Å². The molecule has 0 fully saturated rings. The van der Waals surface area contributed by atoms with E-state index < -0.39 is 19.4 Å². The fourth-order valence-electron chi connectivity index (χ4n) is 1.57. The fraction of sp³-hybridized carbons (Fsp3) is 0.231. The molecule has 10 heteroatoms. The second-order valence-corrected chi connectivity index (χ2v) is 5.84. The molecule has 1 aromatic heterocycles. The Labute approximate surface area is 130 Å². The van der Waals surface area contributed by atoms with E-state index in [9.17, 15) is 18.2 Å². The van der Waals surface area contributed by atoms with Gasteiger partial charge in [-0.05, 0) is 24.6 Å². The molecule has 0 radical (unpaired) electrons. The van der Waals surface area contributed by atoms with Gasteiger partial charge in [0.1, 0.15) is 12.4 Å². The molecule has 1 heterocycles. The summed E-state index contributed by atoms with van der Waals surface area (Å²) in [6.45, 7) is 1.49. The van der Waals surface area contributed by atoms with Crippen molar-refractivity contribution in [1.29, 1.82) is 0 Å². The number of benzene rings is 1. The van der Waals surface area contributed by atoms with Crippen LogP contribution in [0, 0.1) is 11.6 Å². The normalized spacial score (nSPS) is 13.4. The Balaban J connectivity index is 2.07. The Morgan fingerprint density at radius 2 is 2.00 bits per heavy atom. The number of hydrogen-bond donors (Lipinski definition) is 2. The van der Waals surface area contributed by atoms with Gasteiger partial charge in [0.25, 0.3) is 0 Å². The maximum absolute atomic E-state index is 13.6. The first-order valence-corrected chi connectivity index (χ1v) is 8.13. The molecule has 2 aromatic rings. The zero-order valence-electron chi connectivity index (χ0n) is 12.1. The molecule has 1 atom stereocenters. The summed E-state index contributed by atoms with van der Waals surface area (Å²) in [5, 5.41) is 1.97. The summed E-state index contributed by atoms with van der Waals surface area (Å²) in [5.41, 5.74) is 0.649. The number of nitrogens with one attached hydrogen (secondary N) is 1. The Hall–Kier alpha value is -2.09. The summed E-state index contributed by atoms with van der Waals surface area (Å²) in [7, 11) is -4.22. The number of hydrogen-bond acceptors (Lipinski definition) is 5. The van der Waals surface area contributed by atoms with E-state index in [-0.39, 0.29) is 25.0 Å². The summed E-state index contributed by atoms with van der Waals surface area (Å²) < 4.78 is 47.7. The molecule has 7 nitrogen and oxygen atoms in total. The molecule has 2 N–H and O–H groups in total.